The number of piperazine rings is 1. The number of carboxylic acid groups (broad SMARTS) is 1. The van der Waals surface area contributed by atoms with E-state index in [1.165, 1.54) is 13.8 Å². The molecule has 0 radical (unpaired) electrons. The third-order valence-electron chi connectivity index (χ3n) is 4.96. The molecule has 1 amide bonds. The third-order valence-corrected chi connectivity index (χ3v) is 4.96. The first kappa shape index (κ1) is 19.7. The van der Waals surface area contributed by atoms with E-state index in [1.807, 2.05) is 48.2 Å². The first-order valence-corrected chi connectivity index (χ1v) is 9.39. The van der Waals surface area contributed by atoms with Crippen molar-refractivity contribution in [2.75, 3.05) is 31.1 Å². The molecule has 0 bridgehead atoms. The van der Waals surface area contributed by atoms with Crippen LogP contribution in [0.5, 0.6) is 5.75 Å². The van der Waals surface area contributed by atoms with E-state index in [-0.39, 0.29) is 5.91 Å². The Bertz CT molecular complexity index is 836. The summed E-state index contributed by atoms with van der Waals surface area (Å²) in [7, 11) is 0. The maximum absolute atomic E-state index is 12.6. The van der Waals surface area contributed by atoms with E-state index in [2.05, 4.69) is 4.90 Å². The number of aliphatic carboxylic acids is 1. The van der Waals surface area contributed by atoms with Gasteiger partial charge in [-0.1, -0.05) is 17.7 Å². The van der Waals surface area contributed by atoms with Gasteiger partial charge in [0, 0.05) is 37.4 Å². The number of ether oxygens (including phenoxy) is 1. The van der Waals surface area contributed by atoms with Crippen molar-refractivity contribution in [1.82, 2.24) is 4.90 Å². The summed E-state index contributed by atoms with van der Waals surface area (Å²) in [4.78, 5) is 27.9. The number of hydrogen-bond acceptors (Lipinski definition) is 4. The fraction of sp³-hybridized carbons (Fsp3) is 0.364. The Morgan fingerprint density at radius 3 is 2.04 bits per heavy atom. The predicted octanol–water partition coefficient (Wildman–Crippen LogP) is 3.20. The lowest BCUT2D eigenvalue weighted by molar-refractivity contribution is -0.152. The average Bonchev–Trinajstić information content (AvgIpc) is 2.68. The number of aryl methyl sites for hydroxylation is 1. The molecule has 0 saturated carbocycles. The van der Waals surface area contributed by atoms with E-state index in [1.54, 1.807) is 12.1 Å². The van der Waals surface area contributed by atoms with Gasteiger partial charge in [-0.2, -0.15) is 0 Å². The number of carbonyl (C=O) groups is 2. The van der Waals surface area contributed by atoms with E-state index in [0.29, 0.717) is 18.8 Å². The zero-order chi connectivity index (χ0) is 20.3. The van der Waals surface area contributed by atoms with Crippen LogP contribution in [0.4, 0.5) is 5.69 Å². The summed E-state index contributed by atoms with van der Waals surface area (Å²) < 4.78 is 5.54. The number of amides is 1. The van der Waals surface area contributed by atoms with Gasteiger partial charge in [0.1, 0.15) is 5.75 Å². The summed E-state index contributed by atoms with van der Waals surface area (Å²) in [6.07, 6.45) is 0. The molecule has 1 aliphatic rings. The van der Waals surface area contributed by atoms with E-state index < -0.39 is 11.6 Å². The number of benzene rings is 2. The molecule has 0 aliphatic carbocycles. The average molecular weight is 382 g/mol. The second kappa shape index (κ2) is 7.92. The number of hydrogen-bond donors (Lipinski definition) is 1. The van der Waals surface area contributed by atoms with Crippen LogP contribution in [0.2, 0.25) is 0 Å². The van der Waals surface area contributed by atoms with Crippen molar-refractivity contribution < 1.29 is 19.4 Å². The molecule has 2 aromatic carbocycles. The highest BCUT2D eigenvalue weighted by Crippen LogP contribution is 2.24. The van der Waals surface area contributed by atoms with E-state index in [9.17, 15) is 9.59 Å². The Kier molecular flexibility index (Phi) is 5.58. The molecule has 1 N–H and O–H groups in total. The maximum atomic E-state index is 12.6. The van der Waals surface area contributed by atoms with Crippen molar-refractivity contribution in [2.24, 2.45) is 0 Å². The Morgan fingerprint density at radius 2 is 1.50 bits per heavy atom. The van der Waals surface area contributed by atoms with Crippen molar-refractivity contribution >= 4 is 17.6 Å². The summed E-state index contributed by atoms with van der Waals surface area (Å²) in [6, 6.07) is 15.1. The van der Waals surface area contributed by atoms with E-state index in [0.717, 1.165) is 29.9 Å². The molecule has 2 aromatic rings. The zero-order valence-electron chi connectivity index (χ0n) is 16.5. The van der Waals surface area contributed by atoms with Gasteiger partial charge in [-0.3, -0.25) is 4.79 Å². The van der Waals surface area contributed by atoms with Crippen molar-refractivity contribution in [3.63, 3.8) is 0 Å². The first-order chi connectivity index (χ1) is 13.3. The smallest absolute Gasteiger partial charge is 0.347 e. The molecule has 1 saturated heterocycles. The third kappa shape index (κ3) is 4.44. The Hall–Kier alpha value is -3.02. The fourth-order valence-corrected chi connectivity index (χ4v) is 3.11. The SMILES string of the molecule is Cc1ccc(C(=O)N2CCN(c3ccc(OC(C)(C)C(=O)O)cc3)CC2)cc1. The van der Waals surface area contributed by atoms with Crippen molar-refractivity contribution in [3.8, 4) is 5.75 Å². The van der Waals surface area contributed by atoms with Crippen LogP contribution in [0.15, 0.2) is 48.5 Å². The minimum Gasteiger partial charge on any atom is -0.478 e. The van der Waals surface area contributed by atoms with E-state index in [4.69, 9.17) is 9.84 Å². The summed E-state index contributed by atoms with van der Waals surface area (Å²) in [5.74, 6) is -0.422. The van der Waals surface area contributed by atoms with Crippen LogP contribution in [0, 0.1) is 6.92 Å². The van der Waals surface area contributed by atoms with Crippen LogP contribution in [-0.4, -0.2) is 53.7 Å². The van der Waals surface area contributed by atoms with Crippen LogP contribution in [0.25, 0.3) is 0 Å². The molecule has 0 atom stereocenters. The van der Waals surface area contributed by atoms with Gasteiger partial charge in [0.05, 0.1) is 0 Å². The number of carboxylic acids is 1. The molecule has 6 nitrogen and oxygen atoms in total. The van der Waals surface area contributed by atoms with Gasteiger partial charge in [0.25, 0.3) is 5.91 Å². The molecule has 1 fully saturated rings. The Balaban J connectivity index is 1.58. The molecule has 148 valence electrons. The molecule has 0 aromatic heterocycles. The summed E-state index contributed by atoms with van der Waals surface area (Å²) in [6.45, 7) is 7.87. The molecule has 0 spiro atoms. The second-order valence-corrected chi connectivity index (χ2v) is 7.56. The lowest BCUT2D eigenvalue weighted by atomic mass is 10.1. The van der Waals surface area contributed by atoms with Gasteiger partial charge in [0.2, 0.25) is 0 Å². The number of rotatable bonds is 5. The molecular formula is C22H26N2O4. The number of anilines is 1. The van der Waals surface area contributed by atoms with E-state index >= 15 is 0 Å². The molecular weight excluding hydrogens is 356 g/mol. The minimum absolute atomic E-state index is 0.0688. The van der Waals surface area contributed by atoms with Gasteiger partial charge in [-0.15, -0.1) is 0 Å². The van der Waals surface area contributed by atoms with Crippen molar-refractivity contribution in [1.29, 1.82) is 0 Å². The largest absolute Gasteiger partial charge is 0.478 e. The van der Waals surface area contributed by atoms with Crippen LogP contribution in [-0.2, 0) is 4.79 Å². The van der Waals surface area contributed by atoms with Gasteiger partial charge in [0.15, 0.2) is 5.60 Å². The van der Waals surface area contributed by atoms with Gasteiger partial charge in [-0.25, -0.2) is 4.79 Å². The maximum Gasteiger partial charge on any atom is 0.347 e. The number of nitrogens with zero attached hydrogens (tertiary/aromatic N) is 2. The lowest BCUT2D eigenvalue weighted by Crippen LogP contribution is -2.48. The standard InChI is InChI=1S/C22H26N2O4/c1-16-4-6-17(7-5-16)20(25)24-14-12-23(13-15-24)18-8-10-19(11-9-18)28-22(2,3)21(26)27/h4-11H,12-15H2,1-3H3,(H,26,27). The molecule has 1 heterocycles. The second-order valence-electron chi connectivity index (χ2n) is 7.56. The summed E-state index contributed by atoms with van der Waals surface area (Å²) >= 11 is 0. The predicted molar refractivity (Wildman–Crippen MR) is 108 cm³/mol. The minimum atomic E-state index is -1.27. The first-order valence-electron chi connectivity index (χ1n) is 9.39. The van der Waals surface area contributed by atoms with Crippen LogP contribution in [0.3, 0.4) is 0 Å². The summed E-state index contributed by atoms with van der Waals surface area (Å²) in [5, 5.41) is 9.16. The van der Waals surface area contributed by atoms with Crippen molar-refractivity contribution in [3.05, 3.63) is 59.7 Å². The highest BCUT2D eigenvalue weighted by atomic mass is 16.5. The molecule has 0 unspecified atom stereocenters. The number of carbonyl (C=O) groups excluding carboxylic acids is 1. The quantitative estimate of drug-likeness (QED) is 0.860. The van der Waals surface area contributed by atoms with Gasteiger partial charge in [-0.05, 0) is 57.2 Å². The zero-order valence-corrected chi connectivity index (χ0v) is 16.5. The highest BCUT2D eigenvalue weighted by molar-refractivity contribution is 5.94. The molecule has 6 heteroatoms. The highest BCUT2D eigenvalue weighted by Gasteiger charge is 2.29. The Morgan fingerprint density at radius 1 is 0.929 bits per heavy atom. The molecule has 1 aliphatic heterocycles. The topological polar surface area (TPSA) is 70.1 Å². The summed E-state index contributed by atoms with van der Waals surface area (Å²) in [5.41, 5.74) is 1.62. The molecule has 3 rings (SSSR count). The monoisotopic (exact) mass is 382 g/mol. The Labute approximate surface area is 165 Å². The molecule has 28 heavy (non-hydrogen) atoms. The fourth-order valence-electron chi connectivity index (χ4n) is 3.11. The van der Waals surface area contributed by atoms with Gasteiger partial charge < -0.3 is 19.6 Å². The van der Waals surface area contributed by atoms with Crippen molar-refractivity contribution in [2.45, 2.75) is 26.4 Å². The lowest BCUT2D eigenvalue weighted by Gasteiger charge is -2.36. The van der Waals surface area contributed by atoms with Crippen LogP contribution < -0.4 is 9.64 Å². The van der Waals surface area contributed by atoms with Crippen LogP contribution in [0.1, 0.15) is 29.8 Å². The normalized spacial score (nSPS) is 14.7. The van der Waals surface area contributed by atoms with Crippen LogP contribution >= 0.6 is 0 Å². The van der Waals surface area contributed by atoms with Gasteiger partial charge >= 0.3 is 5.97 Å².